The van der Waals surface area contributed by atoms with Gasteiger partial charge in [-0.05, 0) is 62.8 Å². The molecule has 0 aliphatic carbocycles. The Morgan fingerprint density at radius 3 is 2.75 bits per heavy atom. The van der Waals surface area contributed by atoms with Crippen LogP contribution in [-0.4, -0.2) is 31.6 Å². The van der Waals surface area contributed by atoms with Crippen LogP contribution >= 0.6 is 11.3 Å². The lowest BCUT2D eigenvalue weighted by molar-refractivity contribution is 0.311. The van der Waals surface area contributed by atoms with Gasteiger partial charge in [-0.25, -0.2) is 0 Å². The SMILES string of the molecule is Cc1ccsc1CCN(C)CCC(C)CN. The van der Waals surface area contributed by atoms with Crippen LogP contribution < -0.4 is 5.73 Å². The Morgan fingerprint density at radius 1 is 1.44 bits per heavy atom. The van der Waals surface area contributed by atoms with E-state index < -0.39 is 0 Å². The molecule has 0 aliphatic rings. The molecular formula is C13H24N2S. The van der Waals surface area contributed by atoms with Gasteiger partial charge in [-0.1, -0.05) is 6.92 Å². The Kier molecular flexibility index (Phi) is 6.03. The van der Waals surface area contributed by atoms with Gasteiger partial charge in [0.15, 0.2) is 0 Å². The molecule has 0 saturated heterocycles. The fourth-order valence-corrected chi connectivity index (χ4v) is 2.52. The minimum Gasteiger partial charge on any atom is -0.330 e. The Balaban J connectivity index is 2.20. The lowest BCUT2D eigenvalue weighted by Gasteiger charge is -2.18. The van der Waals surface area contributed by atoms with Gasteiger partial charge in [0.2, 0.25) is 0 Å². The first-order valence-electron chi connectivity index (χ1n) is 6.05. The number of hydrogen-bond donors (Lipinski definition) is 1. The smallest absolute Gasteiger partial charge is 0.00871 e. The van der Waals surface area contributed by atoms with E-state index in [1.54, 1.807) is 0 Å². The zero-order valence-corrected chi connectivity index (χ0v) is 11.5. The van der Waals surface area contributed by atoms with Gasteiger partial charge in [-0.2, -0.15) is 0 Å². The van der Waals surface area contributed by atoms with Crippen LogP contribution in [-0.2, 0) is 6.42 Å². The van der Waals surface area contributed by atoms with Gasteiger partial charge in [-0.15, -0.1) is 11.3 Å². The second kappa shape index (κ2) is 7.05. The molecule has 0 bridgehead atoms. The monoisotopic (exact) mass is 240 g/mol. The van der Waals surface area contributed by atoms with Gasteiger partial charge in [0.25, 0.3) is 0 Å². The summed E-state index contributed by atoms with van der Waals surface area (Å²) in [5.41, 5.74) is 7.05. The summed E-state index contributed by atoms with van der Waals surface area (Å²) in [7, 11) is 2.20. The van der Waals surface area contributed by atoms with Gasteiger partial charge < -0.3 is 10.6 Å². The first kappa shape index (κ1) is 13.7. The number of aryl methyl sites for hydroxylation is 1. The lowest BCUT2D eigenvalue weighted by Crippen LogP contribution is -2.25. The Morgan fingerprint density at radius 2 is 2.19 bits per heavy atom. The summed E-state index contributed by atoms with van der Waals surface area (Å²) < 4.78 is 0. The number of nitrogens with zero attached hydrogens (tertiary/aromatic N) is 1. The molecule has 16 heavy (non-hydrogen) atoms. The van der Waals surface area contributed by atoms with Crippen LogP contribution in [0.4, 0.5) is 0 Å². The number of rotatable bonds is 7. The average molecular weight is 240 g/mol. The molecule has 0 radical (unpaired) electrons. The summed E-state index contributed by atoms with van der Waals surface area (Å²) in [5.74, 6) is 0.644. The maximum Gasteiger partial charge on any atom is 0.00871 e. The molecule has 0 aliphatic heterocycles. The van der Waals surface area contributed by atoms with Gasteiger partial charge in [-0.3, -0.25) is 0 Å². The van der Waals surface area contributed by atoms with Crippen molar-refractivity contribution in [3.05, 3.63) is 21.9 Å². The molecule has 3 heteroatoms. The zero-order chi connectivity index (χ0) is 12.0. The Bertz CT molecular complexity index is 296. The highest BCUT2D eigenvalue weighted by Crippen LogP contribution is 2.16. The third-order valence-corrected chi connectivity index (χ3v) is 4.18. The van der Waals surface area contributed by atoms with Gasteiger partial charge in [0.1, 0.15) is 0 Å². The van der Waals surface area contributed by atoms with E-state index in [0.717, 1.165) is 19.6 Å². The van der Waals surface area contributed by atoms with Crippen molar-refractivity contribution < 1.29 is 0 Å². The van der Waals surface area contributed by atoms with Crippen LogP contribution in [0.25, 0.3) is 0 Å². The second-order valence-corrected chi connectivity index (χ2v) is 5.71. The predicted octanol–water partition coefficient (Wildman–Crippen LogP) is 2.52. The molecule has 1 rings (SSSR count). The normalized spacial score (nSPS) is 13.3. The quantitative estimate of drug-likeness (QED) is 0.793. The van der Waals surface area contributed by atoms with Crippen molar-refractivity contribution in [2.24, 2.45) is 11.7 Å². The zero-order valence-electron chi connectivity index (χ0n) is 10.7. The second-order valence-electron chi connectivity index (χ2n) is 4.71. The Hall–Kier alpha value is -0.380. The third-order valence-electron chi connectivity index (χ3n) is 3.09. The first-order valence-corrected chi connectivity index (χ1v) is 6.93. The molecule has 1 unspecified atom stereocenters. The highest BCUT2D eigenvalue weighted by Gasteiger charge is 2.05. The molecule has 2 N–H and O–H groups in total. The number of hydrogen-bond acceptors (Lipinski definition) is 3. The molecule has 92 valence electrons. The van der Waals surface area contributed by atoms with Crippen LogP contribution in [0.3, 0.4) is 0 Å². The summed E-state index contributed by atoms with van der Waals surface area (Å²) in [6, 6.07) is 2.20. The minimum atomic E-state index is 0.644. The molecule has 1 heterocycles. The van der Waals surface area contributed by atoms with Crippen LogP contribution in [0.15, 0.2) is 11.4 Å². The van der Waals surface area contributed by atoms with E-state index in [1.165, 1.54) is 23.3 Å². The van der Waals surface area contributed by atoms with Crippen LogP contribution in [0, 0.1) is 12.8 Å². The molecule has 1 aromatic rings. The molecule has 0 spiro atoms. The van der Waals surface area contributed by atoms with Crippen LogP contribution in [0.2, 0.25) is 0 Å². The van der Waals surface area contributed by atoms with Gasteiger partial charge in [0, 0.05) is 11.4 Å². The largest absolute Gasteiger partial charge is 0.330 e. The molecule has 0 fully saturated rings. The van der Waals surface area contributed by atoms with Crippen molar-refractivity contribution in [3.63, 3.8) is 0 Å². The maximum atomic E-state index is 5.61. The van der Waals surface area contributed by atoms with E-state index in [9.17, 15) is 0 Å². The number of nitrogens with two attached hydrogens (primary N) is 1. The standard InChI is InChI=1S/C13H24N2S/c1-11(10-14)4-7-15(3)8-5-13-12(2)6-9-16-13/h6,9,11H,4-5,7-8,10,14H2,1-3H3. The van der Waals surface area contributed by atoms with Gasteiger partial charge >= 0.3 is 0 Å². The van der Waals surface area contributed by atoms with Crippen LogP contribution in [0.1, 0.15) is 23.8 Å². The van der Waals surface area contributed by atoms with E-state index in [0.29, 0.717) is 5.92 Å². The molecule has 1 aromatic heterocycles. The van der Waals surface area contributed by atoms with E-state index in [2.05, 4.69) is 37.2 Å². The van der Waals surface area contributed by atoms with Crippen molar-refractivity contribution in [1.29, 1.82) is 0 Å². The van der Waals surface area contributed by atoms with Crippen molar-refractivity contribution in [1.82, 2.24) is 4.90 Å². The third kappa shape index (κ3) is 4.64. The van der Waals surface area contributed by atoms with Crippen molar-refractivity contribution in [3.8, 4) is 0 Å². The molecule has 1 atom stereocenters. The van der Waals surface area contributed by atoms with E-state index in [4.69, 9.17) is 5.73 Å². The summed E-state index contributed by atoms with van der Waals surface area (Å²) >= 11 is 1.87. The Labute approximate surface area is 103 Å². The lowest BCUT2D eigenvalue weighted by atomic mass is 10.1. The first-order chi connectivity index (χ1) is 7.63. The van der Waals surface area contributed by atoms with E-state index in [1.807, 2.05) is 11.3 Å². The highest BCUT2D eigenvalue weighted by molar-refractivity contribution is 7.10. The molecule has 0 aromatic carbocycles. The molecular weight excluding hydrogens is 216 g/mol. The summed E-state index contributed by atoms with van der Waals surface area (Å²) in [4.78, 5) is 3.93. The van der Waals surface area contributed by atoms with Crippen molar-refractivity contribution in [2.75, 3.05) is 26.7 Å². The van der Waals surface area contributed by atoms with Crippen LogP contribution in [0.5, 0.6) is 0 Å². The fraction of sp³-hybridized carbons (Fsp3) is 0.692. The van der Waals surface area contributed by atoms with Crippen molar-refractivity contribution >= 4 is 11.3 Å². The number of thiophene rings is 1. The average Bonchev–Trinajstić information content (AvgIpc) is 2.69. The fourth-order valence-electron chi connectivity index (χ4n) is 1.62. The van der Waals surface area contributed by atoms with Crippen molar-refractivity contribution in [2.45, 2.75) is 26.7 Å². The molecule has 0 saturated carbocycles. The van der Waals surface area contributed by atoms with E-state index in [-0.39, 0.29) is 0 Å². The topological polar surface area (TPSA) is 29.3 Å². The summed E-state index contributed by atoms with van der Waals surface area (Å²) in [6.45, 7) is 7.53. The highest BCUT2D eigenvalue weighted by atomic mass is 32.1. The molecule has 2 nitrogen and oxygen atoms in total. The number of likely N-dealkylation sites (N-methyl/N-ethyl adjacent to an activating group) is 1. The molecule has 0 amide bonds. The maximum absolute atomic E-state index is 5.61. The summed E-state index contributed by atoms with van der Waals surface area (Å²) in [5, 5.41) is 2.18. The van der Waals surface area contributed by atoms with E-state index >= 15 is 0 Å². The minimum absolute atomic E-state index is 0.644. The van der Waals surface area contributed by atoms with Gasteiger partial charge in [0.05, 0.1) is 0 Å². The summed E-state index contributed by atoms with van der Waals surface area (Å²) in [6.07, 6.45) is 2.38. The predicted molar refractivity (Wildman–Crippen MR) is 73.1 cm³/mol.